The van der Waals surface area contributed by atoms with Gasteiger partial charge in [-0.05, 0) is 6.07 Å². The summed E-state index contributed by atoms with van der Waals surface area (Å²) in [5.74, 6) is -2.28. The van der Waals surface area contributed by atoms with Crippen molar-refractivity contribution < 1.29 is 23.0 Å². The standard InChI is InChI=1S/C10H8F2O3/c1-14-10(13)9-3-5-2-6(11)7(12)4-8(5)15-9/h2,4,9H,3H2,1H3. The van der Waals surface area contributed by atoms with Crippen LogP contribution < -0.4 is 4.74 Å². The molecule has 0 spiro atoms. The van der Waals surface area contributed by atoms with Crippen molar-refractivity contribution in [2.24, 2.45) is 0 Å². The quantitative estimate of drug-likeness (QED) is 0.663. The van der Waals surface area contributed by atoms with Crippen LogP contribution in [0.5, 0.6) is 5.75 Å². The highest BCUT2D eigenvalue weighted by molar-refractivity contribution is 5.76. The predicted octanol–water partition coefficient (Wildman–Crippen LogP) is 1.44. The van der Waals surface area contributed by atoms with Crippen LogP contribution in [0.4, 0.5) is 8.78 Å². The number of hydrogen-bond donors (Lipinski definition) is 0. The lowest BCUT2D eigenvalue weighted by molar-refractivity contribution is -0.147. The third-order valence-corrected chi connectivity index (χ3v) is 2.24. The SMILES string of the molecule is COC(=O)C1Cc2cc(F)c(F)cc2O1. The first-order valence-corrected chi connectivity index (χ1v) is 4.34. The van der Waals surface area contributed by atoms with Crippen LogP contribution >= 0.6 is 0 Å². The van der Waals surface area contributed by atoms with Crippen molar-refractivity contribution in [2.45, 2.75) is 12.5 Å². The minimum Gasteiger partial charge on any atom is -0.478 e. The lowest BCUT2D eigenvalue weighted by Crippen LogP contribution is -2.26. The van der Waals surface area contributed by atoms with Gasteiger partial charge < -0.3 is 9.47 Å². The van der Waals surface area contributed by atoms with Gasteiger partial charge in [-0.15, -0.1) is 0 Å². The summed E-state index contributed by atoms with van der Waals surface area (Å²) >= 11 is 0. The van der Waals surface area contributed by atoms with E-state index in [1.54, 1.807) is 0 Å². The van der Waals surface area contributed by atoms with Gasteiger partial charge in [0.05, 0.1) is 7.11 Å². The van der Waals surface area contributed by atoms with Gasteiger partial charge in [0.15, 0.2) is 17.7 Å². The van der Waals surface area contributed by atoms with Gasteiger partial charge >= 0.3 is 5.97 Å². The van der Waals surface area contributed by atoms with E-state index in [1.165, 1.54) is 7.11 Å². The van der Waals surface area contributed by atoms with Crippen molar-refractivity contribution in [3.8, 4) is 5.75 Å². The van der Waals surface area contributed by atoms with E-state index in [1.807, 2.05) is 0 Å². The number of carbonyl (C=O) groups is 1. The Hall–Kier alpha value is -1.65. The first kappa shape index (κ1) is 9.89. The topological polar surface area (TPSA) is 35.5 Å². The van der Waals surface area contributed by atoms with Crippen molar-refractivity contribution in [3.05, 3.63) is 29.3 Å². The highest BCUT2D eigenvalue weighted by Crippen LogP contribution is 2.31. The molecule has 1 atom stereocenters. The summed E-state index contributed by atoms with van der Waals surface area (Å²) in [5, 5.41) is 0. The van der Waals surface area contributed by atoms with Crippen LogP contribution in [-0.2, 0) is 16.0 Å². The zero-order chi connectivity index (χ0) is 11.0. The zero-order valence-corrected chi connectivity index (χ0v) is 7.92. The molecule has 0 radical (unpaired) electrons. The van der Waals surface area contributed by atoms with Crippen LogP contribution in [0.1, 0.15) is 5.56 Å². The number of fused-ring (bicyclic) bond motifs is 1. The van der Waals surface area contributed by atoms with E-state index in [0.29, 0.717) is 5.56 Å². The minimum absolute atomic E-state index is 0.198. The highest BCUT2D eigenvalue weighted by atomic mass is 19.2. The molecule has 80 valence electrons. The molecule has 1 aliphatic heterocycles. The maximum atomic E-state index is 12.8. The van der Waals surface area contributed by atoms with E-state index in [4.69, 9.17) is 4.74 Å². The van der Waals surface area contributed by atoms with Crippen molar-refractivity contribution in [3.63, 3.8) is 0 Å². The van der Waals surface area contributed by atoms with Gasteiger partial charge in [0.2, 0.25) is 0 Å². The summed E-state index contributed by atoms with van der Waals surface area (Å²) in [6.07, 6.45) is -0.592. The van der Waals surface area contributed by atoms with Crippen LogP contribution in [0.2, 0.25) is 0 Å². The third-order valence-electron chi connectivity index (χ3n) is 2.24. The Labute approximate surface area is 84.6 Å². The second kappa shape index (κ2) is 3.49. The fourth-order valence-electron chi connectivity index (χ4n) is 1.50. The maximum absolute atomic E-state index is 12.8. The summed E-state index contributed by atoms with van der Waals surface area (Å²) in [7, 11) is 1.23. The Morgan fingerprint density at radius 2 is 2.13 bits per heavy atom. The average molecular weight is 214 g/mol. The molecule has 0 N–H and O–H groups in total. The Morgan fingerprint density at radius 3 is 2.80 bits per heavy atom. The first-order chi connectivity index (χ1) is 7.11. The molecule has 0 saturated heterocycles. The molecule has 15 heavy (non-hydrogen) atoms. The van der Waals surface area contributed by atoms with Crippen molar-refractivity contribution in [1.29, 1.82) is 0 Å². The molecule has 1 aliphatic rings. The molecule has 3 nitrogen and oxygen atoms in total. The first-order valence-electron chi connectivity index (χ1n) is 4.34. The Kier molecular flexibility index (Phi) is 2.30. The molecule has 1 aromatic rings. The minimum atomic E-state index is -0.987. The van der Waals surface area contributed by atoms with Crippen molar-refractivity contribution >= 4 is 5.97 Å². The Balaban J connectivity index is 2.27. The molecular formula is C10H8F2O3. The van der Waals surface area contributed by atoms with E-state index in [2.05, 4.69) is 4.74 Å². The van der Waals surface area contributed by atoms with E-state index >= 15 is 0 Å². The smallest absolute Gasteiger partial charge is 0.347 e. The van der Waals surface area contributed by atoms with Crippen LogP contribution in [-0.4, -0.2) is 19.2 Å². The number of esters is 1. The van der Waals surface area contributed by atoms with Gasteiger partial charge in [0, 0.05) is 18.1 Å². The second-order valence-electron chi connectivity index (χ2n) is 3.21. The number of ether oxygens (including phenoxy) is 2. The van der Waals surface area contributed by atoms with Gasteiger partial charge in [0.25, 0.3) is 0 Å². The molecule has 1 aromatic carbocycles. The lowest BCUT2D eigenvalue weighted by atomic mass is 10.1. The molecular weight excluding hydrogens is 206 g/mol. The summed E-state index contributed by atoms with van der Waals surface area (Å²) in [4.78, 5) is 11.1. The number of carbonyl (C=O) groups excluding carboxylic acids is 1. The number of hydrogen-bond acceptors (Lipinski definition) is 3. The maximum Gasteiger partial charge on any atom is 0.347 e. The Morgan fingerprint density at radius 1 is 1.47 bits per heavy atom. The van der Waals surface area contributed by atoms with Crippen LogP contribution in [0.15, 0.2) is 12.1 Å². The number of methoxy groups -OCH3 is 1. The summed E-state index contributed by atoms with van der Waals surface area (Å²) in [6.45, 7) is 0. The van der Waals surface area contributed by atoms with Crippen molar-refractivity contribution in [1.82, 2.24) is 0 Å². The number of benzene rings is 1. The highest BCUT2D eigenvalue weighted by Gasteiger charge is 2.31. The van der Waals surface area contributed by atoms with Gasteiger partial charge in [0.1, 0.15) is 5.75 Å². The molecule has 0 fully saturated rings. The number of halogens is 2. The monoisotopic (exact) mass is 214 g/mol. The van der Waals surface area contributed by atoms with Crippen LogP contribution in [0.25, 0.3) is 0 Å². The zero-order valence-electron chi connectivity index (χ0n) is 7.92. The number of rotatable bonds is 1. The normalized spacial score (nSPS) is 18.2. The largest absolute Gasteiger partial charge is 0.478 e. The van der Waals surface area contributed by atoms with Gasteiger partial charge in [-0.1, -0.05) is 0 Å². The molecule has 1 heterocycles. The van der Waals surface area contributed by atoms with E-state index in [9.17, 15) is 13.6 Å². The fourth-order valence-corrected chi connectivity index (χ4v) is 1.50. The van der Waals surface area contributed by atoms with Gasteiger partial charge in [-0.2, -0.15) is 0 Å². The summed E-state index contributed by atoms with van der Waals surface area (Å²) in [6, 6.07) is 1.97. The molecule has 0 aliphatic carbocycles. The van der Waals surface area contributed by atoms with E-state index in [-0.39, 0.29) is 12.2 Å². The molecule has 0 saturated carbocycles. The van der Waals surface area contributed by atoms with E-state index in [0.717, 1.165) is 12.1 Å². The molecule has 0 aromatic heterocycles. The summed E-state index contributed by atoms with van der Waals surface area (Å²) < 4.78 is 35.2. The fraction of sp³-hybridized carbons (Fsp3) is 0.300. The second-order valence-corrected chi connectivity index (χ2v) is 3.21. The van der Waals surface area contributed by atoms with Gasteiger partial charge in [-0.3, -0.25) is 0 Å². The summed E-state index contributed by atoms with van der Waals surface area (Å²) in [5.41, 5.74) is 0.476. The predicted molar refractivity (Wildman–Crippen MR) is 46.5 cm³/mol. The molecule has 0 amide bonds. The molecule has 5 heteroatoms. The van der Waals surface area contributed by atoms with E-state index < -0.39 is 23.7 Å². The molecule has 0 bridgehead atoms. The lowest BCUT2D eigenvalue weighted by Gasteiger charge is -2.06. The van der Waals surface area contributed by atoms with Crippen molar-refractivity contribution in [2.75, 3.05) is 7.11 Å². The molecule has 2 rings (SSSR count). The van der Waals surface area contributed by atoms with Crippen LogP contribution in [0, 0.1) is 11.6 Å². The molecule has 1 unspecified atom stereocenters. The average Bonchev–Trinajstić information content (AvgIpc) is 2.60. The van der Waals surface area contributed by atoms with Crippen LogP contribution in [0.3, 0.4) is 0 Å². The van der Waals surface area contributed by atoms with Gasteiger partial charge in [-0.25, -0.2) is 13.6 Å². The third kappa shape index (κ3) is 1.65. The Bertz CT molecular complexity index is 386.